The van der Waals surface area contributed by atoms with Crippen LogP contribution in [0.25, 0.3) is 5.69 Å². The van der Waals surface area contributed by atoms with Gasteiger partial charge in [0, 0.05) is 29.7 Å². The van der Waals surface area contributed by atoms with Crippen molar-refractivity contribution in [3.8, 4) is 5.69 Å². The summed E-state index contributed by atoms with van der Waals surface area (Å²) in [6.45, 7) is 1.24. The van der Waals surface area contributed by atoms with E-state index in [1.54, 1.807) is 42.5 Å². The molecular weight excluding hydrogens is 405 g/mol. The van der Waals surface area contributed by atoms with Crippen molar-refractivity contribution in [2.24, 2.45) is 0 Å². The monoisotopic (exact) mass is 425 g/mol. The average molecular weight is 425 g/mol. The summed E-state index contributed by atoms with van der Waals surface area (Å²) >= 11 is 1.33. The number of benzene rings is 2. The second-order valence-electron chi connectivity index (χ2n) is 6.87. The number of rotatable bonds is 6. The van der Waals surface area contributed by atoms with Crippen molar-refractivity contribution in [1.29, 1.82) is 0 Å². The van der Waals surface area contributed by atoms with Crippen LogP contribution in [0.4, 0.5) is 4.39 Å². The lowest BCUT2D eigenvalue weighted by atomic mass is 10.2. The first-order valence-corrected chi connectivity index (χ1v) is 10.4. The highest BCUT2D eigenvalue weighted by molar-refractivity contribution is 7.99. The van der Waals surface area contributed by atoms with Crippen LogP contribution in [0.2, 0.25) is 0 Å². The molecule has 1 fully saturated rings. The van der Waals surface area contributed by atoms with Crippen molar-refractivity contribution >= 4 is 17.7 Å². The first-order chi connectivity index (χ1) is 14.6. The number of amides is 1. The summed E-state index contributed by atoms with van der Waals surface area (Å²) < 4.78 is 19.9. The first-order valence-electron chi connectivity index (χ1n) is 9.62. The molecule has 1 atom stereocenters. The van der Waals surface area contributed by atoms with Crippen LogP contribution in [-0.4, -0.2) is 34.9 Å². The topological polar surface area (TPSA) is 73.2 Å². The van der Waals surface area contributed by atoms with Gasteiger partial charge in [0.15, 0.2) is 0 Å². The van der Waals surface area contributed by atoms with Gasteiger partial charge in [0.2, 0.25) is 0 Å². The van der Waals surface area contributed by atoms with Crippen molar-refractivity contribution in [2.75, 3.05) is 13.2 Å². The number of hydrogen-bond donors (Lipinski definition) is 1. The molecule has 0 unspecified atom stereocenters. The van der Waals surface area contributed by atoms with Crippen molar-refractivity contribution < 1.29 is 13.9 Å². The highest BCUT2D eigenvalue weighted by Gasteiger charge is 2.16. The van der Waals surface area contributed by atoms with Gasteiger partial charge in [-0.25, -0.2) is 4.39 Å². The van der Waals surface area contributed by atoms with Gasteiger partial charge >= 0.3 is 0 Å². The zero-order valence-electron chi connectivity index (χ0n) is 16.1. The van der Waals surface area contributed by atoms with Crippen LogP contribution in [-0.2, 0) is 4.74 Å². The lowest BCUT2D eigenvalue weighted by Crippen LogP contribution is -2.31. The molecule has 2 heterocycles. The molecule has 8 heteroatoms. The van der Waals surface area contributed by atoms with Crippen LogP contribution in [0, 0.1) is 5.82 Å². The van der Waals surface area contributed by atoms with E-state index in [2.05, 4.69) is 10.4 Å². The van der Waals surface area contributed by atoms with Gasteiger partial charge in [-0.05, 0) is 67.4 Å². The van der Waals surface area contributed by atoms with Gasteiger partial charge in [-0.15, -0.1) is 0 Å². The number of nitrogens with one attached hydrogen (secondary N) is 1. The summed E-state index contributed by atoms with van der Waals surface area (Å²) in [6, 6.07) is 15.8. The van der Waals surface area contributed by atoms with Crippen LogP contribution in [0.15, 0.2) is 75.4 Å². The Kier molecular flexibility index (Phi) is 6.25. The van der Waals surface area contributed by atoms with Crippen LogP contribution >= 0.6 is 11.8 Å². The normalized spacial score (nSPS) is 15.8. The predicted molar refractivity (Wildman–Crippen MR) is 112 cm³/mol. The van der Waals surface area contributed by atoms with Gasteiger partial charge in [-0.2, -0.15) is 9.78 Å². The summed E-state index contributed by atoms with van der Waals surface area (Å²) in [5, 5.41) is 7.85. The molecule has 0 saturated carbocycles. The predicted octanol–water partition coefficient (Wildman–Crippen LogP) is 3.43. The molecule has 1 N–H and O–H groups in total. The minimum absolute atomic E-state index is 0.0809. The van der Waals surface area contributed by atoms with E-state index >= 15 is 0 Å². The van der Waals surface area contributed by atoms with Crippen molar-refractivity contribution in [3.63, 3.8) is 0 Å². The van der Waals surface area contributed by atoms with Gasteiger partial charge in [-0.1, -0.05) is 11.8 Å². The lowest BCUT2D eigenvalue weighted by Gasteiger charge is -2.11. The van der Waals surface area contributed by atoms with Crippen LogP contribution in [0.3, 0.4) is 0 Å². The Balaban J connectivity index is 1.47. The smallest absolute Gasteiger partial charge is 0.271 e. The molecule has 1 aliphatic rings. The van der Waals surface area contributed by atoms with Crippen LogP contribution in [0.1, 0.15) is 23.2 Å². The summed E-state index contributed by atoms with van der Waals surface area (Å²) in [5.74, 6) is -0.491. The third kappa shape index (κ3) is 4.95. The third-order valence-electron chi connectivity index (χ3n) is 4.70. The van der Waals surface area contributed by atoms with E-state index in [0.29, 0.717) is 22.8 Å². The molecule has 0 spiro atoms. The second-order valence-corrected chi connectivity index (χ2v) is 7.96. The molecule has 1 aliphatic heterocycles. The standard InChI is InChI=1S/C22H20FN3O3S/c23-16-5-9-19(10-6-16)30-20-11-12-21(27)26(25-20)17-7-3-15(4-8-17)22(28)24-14-18-2-1-13-29-18/h3-12,18H,1-2,13-14H2,(H,24,28)/t18-/m1/s1. The van der Waals surface area contributed by atoms with Crippen LogP contribution in [0.5, 0.6) is 0 Å². The molecule has 0 aliphatic carbocycles. The Morgan fingerprint density at radius 2 is 1.90 bits per heavy atom. The van der Waals surface area contributed by atoms with E-state index < -0.39 is 0 Å². The molecule has 1 amide bonds. The summed E-state index contributed by atoms with van der Waals surface area (Å²) in [6.07, 6.45) is 2.06. The molecule has 154 valence electrons. The Bertz CT molecular complexity index is 1080. The number of carbonyl (C=O) groups is 1. The van der Waals surface area contributed by atoms with Crippen molar-refractivity contribution in [1.82, 2.24) is 15.1 Å². The molecule has 3 aromatic rings. The maximum absolute atomic E-state index is 13.1. The molecule has 0 radical (unpaired) electrons. The minimum atomic E-state index is -0.308. The Labute approximate surface area is 177 Å². The maximum Gasteiger partial charge on any atom is 0.271 e. The molecule has 4 rings (SSSR count). The first kappa shape index (κ1) is 20.3. The quantitative estimate of drug-likeness (QED) is 0.655. The molecular formula is C22H20FN3O3S. The van der Waals surface area contributed by atoms with Gasteiger partial charge < -0.3 is 10.1 Å². The highest BCUT2D eigenvalue weighted by Crippen LogP contribution is 2.25. The number of nitrogens with zero attached hydrogens (tertiary/aromatic N) is 2. The van der Waals surface area contributed by atoms with Gasteiger partial charge in [0.25, 0.3) is 11.5 Å². The molecule has 6 nitrogen and oxygen atoms in total. The zero-order chi connectivity index (χ0) is 20.9. The molecule has 30 heavy (non-hydrogen) atoms. The second kappa shape index (κ2) is 9.23. The van der Waals surface area contributed by atoms with Crippen molar-refractivity contribution in [2.45, 2.75) is 28.9 Å². The maximum atomic E-state index is 13.1. The number of hydrogen-bond acceptors (Lipinski definition) is 5. The van der Waals surface area contributed by atoms with E-state index in [-0.39, 0.29) is 23.4 Å². The van der Waals surface area contributed by atoms with Gasteiger partial charge in [0.1, 0.15) is 10.8 Å². The zero-order valence-corrected chi connectivity index (χ0v) is 16.9. The van der Waals surface area contributed by atoms with Crippen LogP contribution < -0.4 is 10.9 Å². The minimum Gasteiger partial charge on any atom is -0.376 e. The number of halogens is 1. The highest BCUT2D eigenvalue weighted by atomic mass is 32.2. The van der Waals surface area contributed by atoms with Gasteiger partial charge in [0.05, 0.1) is 11.8 Å². The largest absolute Gasteiger partial charge is 0.376 e. The fraction of sp³-hybridized carbons (Fsp3) is 0.227. The van der Waals surface area contributed by atoms with E-state index in [4.69, 9.17) is 4.74 Å². The Morgan fingerprint density at radius 3 is 2.60 bits per heavy atom. The molecule has 1 saturated heterocycles. The van der Waals surface area contributed by atoms with E-state index in [1.165, 1.54) is 34.6 Å². The fourth-order valence-electron chi connectivity index (χ4n) is 3.13. The molecule has 2 aromatic carbocycles. The molecule has 1 aromatic heterocycles. The summed E-state index contributed by atoms with van der Waals surface area (Å²) in [5.41, 5.74) is 0.771. The average Bonchev–Trinajstić information content (AvgIpc) is 3.29. The third-order valence-corrected chi connectivity index (χ3v) is 5.63. The van der Waals surface area contributed by atoms with Crippen molar-refractivity contribution in [3.05, 3.63) is 82.4 Å². The van der Waals surface area contributed by atoms with E-state index in [9.17, 15) is 14.0 Å². The summed E-state index contributed by atoms with van der Waals surface area (Å²) in [7, 11) is 0. The number of ether oxygens (including phenoxy) is 1. The number of aromatic nitrogens is 2. The van der Waals surface area contributed by atoms with E-state index in [1.807, 2.05) is 0 Å². The van der Waals surface area contributed by atoms with E-state index in [0.717, 1.165) is 24.3 Å². The fourth-order valence-corrected chi connectivity index (χ4v) is 3.90. The number of carbonyl (C=O) groups excluding carboxylic acids is 1. The Morgan fingerprint density at radius 1 is 1.13 bits per heavy atom. The SMILES string of the molecule is O=C(NC[C@H]1CCCO1)c1ccc(-n2nc(Sc3ccc(F)cc3)ccc2=O)cc1. The summed E-state index contributed by atoms with van der Waals surface area (Å²) in [4.78, 5) is 25.4. The Hall–Kier alpha value is -2.97. The molecule has 0 bridgehead atoms. The lowest BCUT2D eigenvalue weighted by molar-refractivity contribution is 0.0858. The van der Waals surface area contributed by atoms with Gasteiger partial charge in [-0.3, -0.25) is 9.59 Å².